The Kier molecular flexibility index (Phi) is 11.1. The van der Waals surface area contributed by atoms with Gasteiger partial charge >= 0.3 is 0 Å². The zero-order valence-corrected chi connectivity index (χ0v) is 17.3. The minimum atomic E-state index is -0.694. The summed E-state index contributed by atoms with van der Waals surface area (Å²) in [4.78, 5) is 2.13. The van der Waals surface area contributed by atoms with Crippen LogP contribution in [0.3, 0.4) is 0 Å². The maximum absolute atomic E-state index is 10.6. The first-order chi connectivity index (χ1) is 12.2. The molecule has 0 radical (unpaired) electrons. The maximum atomic E-state index is 10.6. The molecular weight excluding hydrogens is 391 g/mol. The van der Waals surface area contributed by atoms with Gasteiger partial charge in [0.05, 0.1) is 18.8 Å². The molecule has 0 unspecified atom stereocenters. The van der Waals surface area contributed by atoms with E-state index >= 15 is 0 Å². The Bertz CT molecular complexity index is 520. The van der Waals surface area contributed by atoms with E-state index in [1.54, 1.807) is 0 Å². The first-order valence-electron chi connectivity index (χ1n) is 9.18. The summed E-state index contributed by atoms with van der Waals surface area (Å²) in [7, 11) is 2.01. The molecule has 4 atom stereocenters. The van der Waals surface area contributed by atoms with Crippen LogP contribution in [0, 0.1) is 0 Å². The fourth-order valence-corrected chi connectivity index (χ4v) is 3.85. The number of hydrogen-bond acceptors (Lipinski definition) is 6. The Balaban J connectivity index is 0.00000182. The van der Waals surface area contributed by atoms with E-state index < -0.39 is 12.2 Å². The maximum Gasteiger partial charge on any atom is 0.109 e. The molecule has 0 saturated carbocycles. The average molecular weight is 423 g/mol. The number of aliphatic hydroxyl groups excluding tert-OH is 2. The molecule has 0 bridgehead atoms. The lowest BCUT2D eigenvalue weighted by Crippen LogP contribution is -2.50. The summed E-state index contributed by atoms with van der Waals surface area (Å²) in [6.07, 6.45) is 0.639. The van der Waals surface area contributed by atoms with Crippen molar-refractivity contribution < 1.29 is 19.7 Å². The zero-order chi connectivity index (χ0) is 17.6. The van der Waals surface area contributed by atoms with Crippen LogP contribution in [-0.2, 0) is 16.0 Å². The summed E-state index contributed by atoms with van der Waals surface area (Å²) in [5, 5.41) is 23.7. The quantitative estimate of drug-likeness (QED) is 0.613. The van der Waals surface area contributed by atoms with E-state index in [2.05, 4.69) is 22.3 Å². The lowest BCUT2D eigenvalue weighted by Gasteiger charge is -2.32. The minimum absolute atomic E-state index is 0. The predicted octanol–water partition coefficient (Wildman–Crippen LogP) is 1.22. The van der Waals surface area contributed by atoms with Crippen molar-refractivity contribution >= 4 is 24.8 Å². The molecule has 3 N–H and O–H groups in total. The van der Waals surface area contributed by atoms with Gasteiger partial charge in [-0.1, -0.05) is 30.3 Å². The van der Waals surface area contributed by atoms with Gasteiger partial charge in [0.25, 0.3) is 0 Å². The van der Waals surface area contributed by atoms with E-state index in [-0.39, 0.29) is 43.6 Å². The number of hydrogen-bond donors (Lipinski definition) is 3. The molecular formula is C19H32Cl2N2O4. The SMILES string of the molecule is CN(Cc1ccccc1)[C@H]1[C@H](O)[C@H](CO)O[C@@H]1CNC1CCOCC1.Cl.Cl. The van der Waals surface area contributed by atoms with E-state index in [0.29, 0.717) is 12.6 Å². The highest BCUT2D eigenvalue weighted by molar-refractivity contribution is 5.85. The number of ether oxygens (including phenoxy) is 2. The van der Waals surface area contributed by atoms with Gasteiger partial charge in [0.1, 0.15) is 12.2 Å². The molecule has 27 heavy (non-hydrogen) atoms. The number of likely N-dealkylation sites (N-methyl/N-ethyl adjacent to an activating group) is 1. The van der Waals surface area contributed by atoms with Crippen molar-refractivity contribution in [2.45, 2.75) is 49.8 Å². The van der Waals surface area contributed by atoms with E-state index in [1.165, 1.54) is 5.56 Å². The molecule has 156 valence electrons. The number of rotatable bonds is 7. The molecule has 2 aliphatic rings. The molecule has 0 amide bonds. The normalized spacial score (nSPS) is 28.6. The number of benzene rings is 1. The van der Waals surface area contributed by atoms with Crippen LogP contribution < -0.4 is 5.32 Å². The van der Waals surface area contributed by atoms with Crippen LogP contribution in [0.4, 0.5) is 0 Å². The van der Waals surface area contributed by atoms with Gasteiger partial charge in [-0.3, -0.25) is 4.90 Å². The first-order valence-corrected chi connectivity index (χ1v) is 9.18. The molecule has 2 aliphatic heterocycles. The molecule has 1 aromatic rings. The van der Waals surface area contributed by atoms with Crippen molar-refractivity contribution in [2.75, 3.05) is 33.4 Å². The van der Waals surface area contributed by atoms with Gasteiger partial charge < -0.3 is 25.0 Å². The zero-order valence-electron chi connectivity index (χ0n) is 15.7. The van der Waals surface area contributed by atoms with Crippen molar-refractivity contribution in [3.05, 3.63) is 35.9 Å². The summed E-state index contributed by atoms with van der Waals surface area (Å²) in [5.41, 5.74) is 1.20. The van der Waals surface area contributed by atoms with Crippen LogP contribution in [0.1, 0.15) is 18.4 Å². The number of halogens is 2. The molecule has 2 heterocycles. The molecule has 8 heteroatoms. The van der Waals surface area contributed by atoms with Gasteiger partial charge in [-0.25, -0.2) is 0 Å². The van der Waals surface area contributed by atoms with Gasteiger partial charge in [-0.2, -0.15) is 0 Å². The molecule has 3 rings (SSSR count). The van der Waals surface area contributed by atoms with Crippen molar-refractivity contribution in [1.29, 1.82) is 0 Å². The van der Waals surface area contributed by atoms with Crippen molar-refractivity contribution in [1.82, 2.24) is 10.2 Å². The van der Waals surface area contributed by atoms with Crippen LogP contribution >= 0.6 is 24.8 Å². The Hall–Kier alpha value is -0.440. The first kappa shape index (κ1) is 24.6. The largest absolute Gasteiger partial charge is 0.394 e. The van der Waals surface area contributed by atoms with E-state index in [0.717, 1.165) is 32.6 Å². The molecule has 0 spiro atoms. The summed E-state index contributed by atoms with van der Waals surface area (Å²) in [5.74, 6) is 0. The highest BCUT2D eigenvalue weighted by Crippen LogP contribution is 2.26. The van der Waals surface area contributed by atoms with Crippen molar-refractivity contribution in [2.24, 2.45) is 0 Å². The van der Waals surface area contributed by atoms with Gasteiger partial charge in [0.2, 0.25) is 0 Å². The van der Waals surface area contributed by atoms with E-state index in [4.69, 9.17) is 9.47 Å². The number of nitrogens with zero attached hydrogens (tertiary/aromatic N) is 1. The second-order valence-electron chi connectivity index (χ2n) is 7.07. The monoisotopic (exact) mass is 422 g/mol. The molecule has 0 aliphatic carbocycles. The van der Waals surface area contributed by atoms with E-state index in [9.17, 15) is 10.2 Å². The summed E-state index contributed by atoms with van der Waals surface area (Å²) >= 11 is 0. The fourth-order valence-electron chi connectivity index (χ4n) is 3.85. The molecule has 1 aromatic carbocycles. The predicted molar refractivity (Wildman–Crippen MR) is 110 cm³/mol. The topological polar surface area (TPSA) is 74.2 Å². The third kappa shape index (κ3) is 6.54. The van der Waals surface area contributed by atoms with Crippen molar-refractivity contribution in [3.8, 4) is 0 Å². The average Bonchev–Trinajstić information content (AvgIpc) is 2.97. The van der Waals surface area contributed by atoms with Gasteiger partial charge in [0.15, 0.2) is 0 Å². The molecule has 6 nitrogen and oxygen atoms in total. The van der Waals surface area contributed by atoms with Gasteiger partial charge in [-0.15, -0.1) is 24.8 Å². The lowest BCUT2D eigenvalue weighted by molar-refractivity contribution is -0.0229. The second kappa shape index (κ2) is 12.2. The molecule has 2 fully saturated rings. The Morgan fingerprint density at radius 2 is 1.78 bits per heavy atom. The Morgan fingerprint density at radius 1 is 1.11 bits per heavy atom. The van der Waals surface area contributed by atoms with Crippen LogP contribution in [0.2, 0.25) is 0 Å². The smallest absolute Gasteiger partial charge is 0.109 e. The minimum Gasteiger partial charge on any atom is -0.394 e. The van der Waals surface area contributed by atoms with Crippen LogP contribution in [0.25, 0.3) is 0 Å². The third-order valence-corrected chi connectivity index (χ3v) is 5.25. The van der Waals surface area contributed by atoms with E-state index in [1.807, 2.05) is 25.2 Å². The lowest BCUT2D eigenvalue weighted by atomic mass is 10.0. The Morgan fingerprint density at radius 3 is 2.41 bits per heavy atom. The number of aliphatic hydroxyl groups is 2. The van der Waals surface area contributed by atoms with Crippen LogP contribution in [0.5, 0.6) is 0 Å². The number of nitrogens with one attached hydrogen (secondary N) is 1. The third-order valence-electron chi connectivity index (χ3n) is 5.25. The highest BCUT2D eigenvalue weighted by atomic mass is 35.5. The fraction of sp³-hybridized carbons (Fsp3) is 0.684. The standard InChI is InChI=1S/C19H30N2O4.2ClH/c1-21(12-14-5-3-2-4-6-14)18-16(25-17(13-22)19(18)23)11-20-15-7-9-24-10-8-15;;/h2-6,15-20,22-23H,7-13H2,1H3;2*1H/t16-,17+,18-,19-;;/m1../s1. The molecule has 0 aromatic heterocycles. The summed E-state index contributed by atoms with van der Waals surface area (Å²) < 4.78 is 11.3. The van der Waals surface area contributed by atoms with Crippen LogP contribution in [-0.4, -0.2) is 78.9 Å². The summed E-state index contributed by atoms with van der Waals surface area (Å²) in [6, 6.07) is 10.5. The molecule has 2 saturated heterocycles. The Labute approximate surface area is 174 Å². The van der Waals surface area contributed by atoms with Crippen LogP contribution in [0.15, 0.2) is 30.3 Å². The highest BCUT2D eigenvalue weighted by Gasteiger charge is 2.45. The van der Waals surface area contributed by atoms with Crippen molar-refractivity contribution in [3.63, 3.8) is 0 Å². The second-order valence-corrected chi connectivity index (χ2v) is 7.07. The summed E-state index contributed by atoms with van der Waals surface area (Å²) in [6.45, 7) is 2.83. The van der Waals surface area contributed by atoms with Gasteiger partial charge in [0, 0.05) is 32.3 Å². The van der Waals surface area contributed by atoms with Gasteiger partial charge in [-0.05, 0) is 25.5 Å².